The highest BCUT2D eigenvalue weighted by Crippen LogP contribution is 2.28. The molecule has 33 heavy (non-hydrogen) atoms. The van der Waals surface area contributed by atoms with Crippen LogP contribution in [0.5, 0.6) is 0 Å². The van der Waals surface area contributed by atoms with E-state index in [1.54, 1.807) is 18.5 Å². The maximum atomic E-state index is 14.4. The van der Waals surface area contributed by atoms with E-state index in [-0.39, 0.29) is 17.0 Å². The van der Waals surface area contributed by atoms with Gasteiger partial charge in [-0.1, -0.05) is 0 Å². The van der Waals surface area contributed by atoms with Gasteiger partial charge in [0.15, 0.2) is 17.8 Å². The smallest absolute Gasteiger partial charge is 0.257 e. The van der Waals surface area contributed by atoms with Gasteiger partial charge in [0.1, 0.15) is 16.7 Å². The van der Waals surface area contributed by atoms with Crippen molar-refractivity contribution in [2.24, 2.45) is 0 Å². The lowest BCUT2D eigenvalue weighted by Gasteiger charge is -2.38. The Labute approximate surface area is 188 Å². The van der Waals surface area contributed by atoms with Gasteiger partial charge in [0.25, 0.3) is 5.91 Å². The zero-order valence-corrected chi connectivity index (χ0v) is 18.1. The minimum Gasteiger partial charge on any atom is -0.367 e. The molecule has 3 aromatic heterocycles. The molecule has 168 valence electrons. The van der Waals surface area contributed by atoms with E-state index in [0.29, 0.717) is 35.0 Å². The van der Waals surface area contributed by atoms with Gasteiger partial charge in [0.2, 0.25) is 0 Å². The maximum absolute atomic E-state index is 14.4. The van der Waals surface area contributed by atoms with Crippen LogP contribution in [0.15, 0.2) is 43.0 Å². The number of benzene rings is 1. The summed E-state index contributed by atoms with van der Waals surface area (Å²) in [7, 11) is 0. The Hall–Kier alpha value is -3.92. The summed E-state index contributed by atoms with van der Waals surface area (Å²) in [5.41, 5.74) is 2.70. The Balaban J connectivity index is 1.49. The van der Waals surface area contributed by atoms with Crippen molar-refractivity contribution in [1.82, 2.24) is 24.7 Å². The molecule has 1 fully saturated rings. The number of pyridine rings is 1. The van der Waals surface area contributed by atoms with E-state index in [1.807, 2.05) is 6.07 Å². The Morgan fingerprint density at radius 2 is 1.88 bits per heavy atom. The lowest BCUT2D eigenvalue weighted by atomic mass is 10.1. The van der Waals surface area contributed by atoms with E-state index in [9.17, 15) is 14.0 Å². The fraction of sp³-hybridized carbons (Fsp3) is 0.261. The van der Waals surface area contributed by atoms with Crippen LogP contribution in [0.3, 0.4) is 0 Å². The van der Waals surface area contributed by atoms with E-state index in [0.717, 1.165) is 18.8 Å². The third-order valence-electron chi connectivity index (χ3n) is 5.65. The summed E-state index contributed by atoms with van der Waals surface area (Å²) in [6.45, 7) is 5.89. The van der Waals surface area contributed by atoms with E-state index in [4.69, 9.17) is 0 Å². The highest BCUT2D eigenvalue weighted by atomic mass is 19.1. The summed E-state index contributed by atoms with van der Waals surface area (Å²) in [5, 5.41) is 6.22. The number of aldehydes is 1. The Morgan fingerprint density at radius 1 is 1.15 bits per heavy atom. The van der Waals surface area contributed by atoms with Gasteiger partial charge in [-0.2, -0.15) is 0 Å². The number of hydrogen-bond acceptors (Lipinski definition) is 7. The molecule has 2 atom stereocenters. The van der Waals surface area contributed by atoms with Crippen molar-refractivity contribution in [3.05, 3.63) is 60.1 Å². The number of piperazine rings is 1. The van der Waals surface area contributed by atoms with Gasteiger partial charge in [-0.25, -0.2) is 9.37 Å². The number of imidazole rings is 1. The summed E-state index contributed by atoms with van der Waals surface area (Å²) in [6, 6.07) is 5.40. The summed E-state index contributed by atoms with van der Waals surface area (Å²) in [6.07, 6.45) is 6.59. The number of hydrogen-bond donors (Lipinski definition) is 2. The molecule has 2 N–H and O–H groups in total. The molecule has 4 aromatic rings. The Kier molecular flexibility index (Phi) is 5.21. The van der Waals surface area contributed by atoms with Crippen molar-refractivity contribution in [2.45, 2.75) is 25.9 Å². The van der Waals surface area contributed by atoms with Crippen molar-refractivity contribution in [3.8, 4) is 0 Å². The molecule has 0 unspecified atom stereocenters. The molecule has 0 spiro atoms. The van der Waals surface area contributed by atoms with Crippen LogP contribution in [-0.2, 0) is 0 Å². The molecule has 5 rings (SSSR count). The molecule has 1 amide bonds. The summed E-state index contributed by atoms with van der Waals surface area (Å²) in [5.74, 6) is -1.09. The van der Waals surface area contributed by atoms with Crippen LogP contribution in [0.1, 0.15) is 34.7 Å². The molecular weight excluding hydrogens is 425 g/mol. The molecule has 1 saturated heterocycles. The predicted molar refractivity (Wildman–Crippen MR) is 122 cm³/mol. The third-order valence-corrected chi connectivity index (χ3v) is 5.65. The molecule has 1 aliphatic rings. The van der Waals surface area contributed by atoms with Crippen LogP contribution >= 0.6 is 0 Å². The number of nitrogens with one attached hydrogen (secondary N) is 2. The second kappa shape index (κ2) is 8.21. The van der Waals surface area contributed by atoms with Gasteiger partial charge in [0.05, 0.1) is 16.9 Å². The zero-order valence-electron chi connectivity index (χ0n) is 18.1. The topological polar surface area (TPSA) is 105 Å². The van der Waals surface area contributed by atoms with E-state index in [1.165, 1.54) is 22.9 Å². The number of carbonyl (C=O) groups is 2. The van der Waals surface area contributed by atoms with Crippen LogP contribution in [0, 0.1) is 5.82 Å². The van der Waals surface area contributed by atoms with Crippen molar-refractivity contribution in [2.75, 3.05) is 23.3 Å². The van der Waals surface area contributed by atoms with Crippen LogP contribution in [-0.4, -0.2) is 56.7 Å². The second-order valence-corrected chi connectivity index (χ2v) is 8.30. The van der Waals surface area contributed by atoms with Gasteiger partial charge < -0.3 is 19.9 Å². The largest absolute Gasteiger partial charge is 0.367 e. The van der Waals surface area contributed by atoms with Crippen LogP contribution in [0.25, 0.3) is 16.7 Å². The van der Waals surface area contributed by atoms with E-state index < -0.39 is 11.7 Å². The molecule has 10 heteroatoms. The first-order valence-corrected chi connectivity index (χ1v) is 10.6. The number of halogens is 1. The molecule has 0 radical (unpaired) electrons. The molecule has 0 aliphatic carbocycles. The first-order valence-electron chi connectivity index (χ1n) is 10.6. The highest BCUT2D eigenvalue weighted by Gasteiger charge is 2.24. The van der Waals surface area contributed by atoms with Gasteiger partial charge >= 0.3 is 0 Å². The quantitative estimate of drug-likeness (QED) is 0.464. The molecule has 1 aliphatic heterocycles. The van der Waals surface area contributed by atoms with Gasteiger partial charge in [-0.05, 0) is 26.0 Å². The molecule has 9 nitrogen and oxygen atoms in total. The van der Waals surface area contributed by atoms with Crippen molar-refractivity contribution < 1.29 is 14.0 Å². The first kappa shape index (κ1) is 21.0. The fourth-order valence-corrected chi connectivity index (χ4v) is 4.40. The first-order chi connectivity index (χ1) is 15.9. The molecular formula is C23H22FN7O2. The van der Waals surface area contributed by atoms with E-state index in [2.05, 4.69) is 44.3 Å². The predicted octanol–water partition coefficient (Wildman–Crippen LogP) is 2.67. The van der Waals surface area contributed by atoms with Gasteiger partial charge in [-0.15, -0.1) is 0 Å². The van der Waals surface area contributed by atoms with Crippen molar-refractivity contribution >= 4 is 40.2 Å². The Bertz CT molecular complexity index is 1380. The third kappa shape index (κ3) is 3.89. The monoisotopic (exact) mass is 447 g/mol. The lowest BCUT2D eigenvalue weighted by Crippen LogP contribution is -2.54. The standard InChI is InChI=1S/C23H22FN7O2/c1-13-8-30(9-14(2)27-13)19-4-3-17(20-21(19)26-6-5-25-20)23(33)29-15-7-18(24)22-28-16(12-32)11-31(22)10-15/h3-7,10-14,27H,8-9H2,1-2H3,(H,29,33)/t13-,14+. The molecule has 0 saturated carbocycles. The second-order valence-electron chi connectivity index (χ2n) is 8.30. The minimum atomic E-state index is -0.650. The molecule has 0 bridgehead atoms. The number of aromatic nitrogens is 4. The van der Waals surface area contributed by atoms with Crippen molar-refractivity contribution in [3.63, 3.8) is 0 Å². The number of nitrogens with zero attached hydrogens (tertiary/aromatic N) is 5. The van der Waals surface area contributed by atoms with Crippen molar-refractivity contribution in [1.29, 1.82) is 0 Å². The van der Waals surface area contributed by atoms with Crippen LogP contribution in [0.4, 0.5) is 15.8 Å². The van der Waals surface area contributed by atoms with E-state index >= 15 is 0 Å². The Morgan fingerprint density at radius 3 is 2.61 bits per heavy atom. The number of anilines is 2. The normalized spacial score (nSPS) is 18.6. The van der Waals surface area contributed by atoms with Gasteiger partial charge in [-0.3, -0.25) is 19.6 Å². The number of carbonyl (C=O) groups excluding carboxylic acids is 2. The summed E-state index contributed by atoms with van der Waals surface area (Å²) in [4.78, 5) is 39.2. The summed E-state index contributed by atoms with van der Waals surface area (Å²) >= 11 is 0. The lowest BCUT2D eigenvalue weighted by molar-refractivity contribution is 0.102. The average molecular weight is 447 g/mol. The van der Waals surface area contributed by atoms with Crippen LogP contribution < -0.4 is 15.5 Å². The molecule has 1 aromatic carbocycles. The minimum absolute atomic E-state index is 0.00949. The van der Waals surface area contributed by atoms with Crippen LogP contribution in [0.2, 0.25) is 0 Å². The maximum Gasteiger partial charge on any atom is 0.257 e. The highest BCUT2D eigenvalue weighted by molar-refractivity contribution is 6.13. The number of rotatable bonds is 4. The number of amides is 1. The SMILES string of the molecule is C[C@@H]1CN(c2ccc(C(=O)Nc3cc(F)c4nc(C=O)cn4c3)c3nccnc23)C[C@H](C)N1. The average Bonchev–Trinajstić information content (AvgIpc) is 3.21. The van der Waals surface area contributed by atoms with Gasteiger partial charge in [0, 0.05) is 56.0 Å². The fourth-order valence-electron chi connectivity index (χ4n) is 4.40. The zero-order chi connectivity index (χ0) is 23.1. The summed E-state index contributed by atoms with van der Waals surface area (Å²) < 4.78 is 15.8. The number of fused-ring (bicyclic) bond motifs is 2. The molecule has 4 heterocycles.